The van der Waals surface area contributed by atoms with E-state index in [0.29, 0.717) is 22.9 Å². The number of amides is 2. The highest BCUT2D eigenvalue weighted by atomic mass is 16.7. The van der Waals surface area contributed by atoms with Crippen LogP contribution in [-0.2, 0) is 4.74 Å². The van der Waals surface area contributed by atoms with Gasteiger partial charge in [0.1, 0.15) is 17.2 Å². The third kappa shape index (κ3) is 6.28. The lowest BCUT2D eigenvalue weighted by Gasteiger charge is -2.10. The van der Waals surface area contributed by atoms with Crippen LogP contribution in [-0.4, -0.2) is 18.8 Å². The van der Waals surface area contributed by atoms with Crippen molar-refractivity contribution in [3.05, 3.63) is 78.9 Å². The van der Waals surface area contributed by atoms with E-state index in [1.54, 1.807) is 55.5 Å². The van der Waals surface area contributed by atoms with Crippen LogP contribution < -0.4 is 20.1 Å². The van der Waals surface area contributed by atoms with Crippen molar-refractivity contribution in [3.8, 4) is 17.2 Å². The van der Waals surface area contributed by atoms with E-state index in [0.717, 1.165) is 5.75 Å². The number of ether oxygens (including phenoxy) is 3. The molecule has 0 saturated heterocycles. The largest absolute Gasteiger partial charge is 0.513 e. The molecule has 3 aromatic rings. The molecule has 0 fully saturated rings. The van der Waals surface area contributed by atoms with Crippen LogP contribution >= 0.6 is 0 Å². The molecule has 0 saturated carbocycles. The molecule has 0 spiro atoms. The minimum atomic E-state index is -0.773. The molecule has 0 aliphatic rings. The molecule has 3 rings (SSSR count). The molecule has 0 radical (unpaired) electrons. The summed E-state index contributed by atoms with van der Waals surface area (Å²) in [6.45, 7) is 1.93. The number of para-hydroxylation sites is 1. The molecular weight excluding hydrogens is 372 g/mol. The van der Waals surface area contributed by atoms with E-state index in [1.807, 2.05) is 30.3 Å². The van der Waals surface area contributed by atoms with Crippen LogP contribution in [0.25, 0.3) is 0 Å². The van der Waals surface area contributed by atoms with Crippen molar-refractivity contribution >= 4 is 23.6 Å². The Morgan fingerprint density at radius 2 is 1.24 bits per heavy atom. The van der Waals surface area contributed by atoms with Crippen molar-refractivity contribution < 1.29 is 23.8 Å². The van der Waals surface area contributed by atoms with E-state index in [9.17, 15) is 9.59 Å². The third-order valence-electron chi connectivity index (χ3n) is 3.67. The fourth-order valence-electron chi connectivity index (χ4n) is 2.37. The molecule has 0 bridgehead atoms. The Morgan fingerprint density at radius 1 is 0.724 bits per heavy atom. The number of rotatable bonds is 6. The number of hydrogen-bond donors (Lipinski definition) is 2. The van der Waals surface area contributed by atoms with Crippen LogP contribution in [0.4, 0.5) is 21.0 Å². The van der Waals surface area contributed by atoms with Crippen molar-refractivity contribution in [3.63, 3.8) is 0 Å². The van der Waals surface area contributed by atoms with E-state index < -0.39 is 12.2 Å². The van der Waals surface area contributed by atoms with E-state index in [4.69, 9.17) is 14.2 Å². The van der Waals surface area contributed by atoms with Crippen molar-refractivity contribution in [2.24, 2.45) is 0 Å². The van der Waals surface area contributed by atoms with Crippen LogP contribution in [0.3, 0.4) is 0 Å². The van der Waals surface area contributed by atoms with E-state index in [2.05, 4.69) is 10.6 Å². The maximum atomic E-state index is 12.1. The predicted octanol–water partition coefficient (Wildman–Crippen LogP) is 5.66. The Hall–Kier alpha value is -4.00. The zero-order valence-electron chi connectivity index (χ0n) is 15.8. The third-order valence-corrected chi connectivity index (χ3v) is 3.67. The van der Waals surface area contributed by atoms with Gasteiger partial charge in [0.15, 0.2) is 0 Å². The zero-order valence-corrected chi connectivity index (χ0v) is 15.8. The Bertz CT molecular complexity index is 941. The zero-order chi connectivity index (χ0) is 20.5. The van der Waals surface area contributed by atoms with Gasteiger partial charge >= 0.3 is 12.2 Å². The summed E-state index contributed by atoms with van der Waals surface area (Å²) < 4.78 is 15.4. The Kier molecular flexibility index (Phi) is 6.67. The van der Waals surface area contributed by atoms with Crippen LogP contribution in [0, 0.1) is 0 Å². The van der Waals surface area contributed by atoms with Crippen molar-refractivity contribution in [1.82, 2.24) is 0 Å². The fraction of sp³-hybridized carbons (Fsp3) is 0.0909. The van der Waals surface area contributed by atoms with Crippen molar-refractivity contribution in [2.75, 3.05) is 17.2 Å². The predicted molar refractivity (Wildman–Crippen MR) is 110 cm³/mol. The summed E-state index contributed by atoms with van der Waals surface area (Å²) in [5, 5.41) is 5.43. The summed E-state index contributed by atoms with van der Waals surface area (Å²) in [7, 11) is 0. The summed E-state index contributed by atoms with van der Waals surface area (Å²) in [4.78, 5) is 23.4. The van der Waals surface area contributed by atoms with E-state index in [1.165, 1.54) is 0 Å². The van der Waals surface area contributed by atoms with Crippen LogP contribution in [0.5, 0.6) is 17.2 Å². The summed E-state index contributed by atoms with van der Waals surface area (Å²) >= 11 is 0. The molecule has 0 aromatic heterocycles. The number of urea groups is 1. The van der Waals surface area contributed by atoms with Gasteiger partial charge in [0.25, 0.3) is 0 Å². The van der Waals surface area contributed by atoms with Gasteiger partial charge in [0, 0.05) is 11.4 Å². The average Bonchev–Trinajstić information content (AvgIpc) is 2.72. The summed E-state index contributed by atoms with van der Waals surface area (Å²) in [5.74, 6) is 1.73. The molecule has 2 N–H and O–H groups in total. The van der Waals surface area contributed by atoms with Gasteiger partial charge in [-0.2, -0.15) is 0 Å². The number of nitrogens with one attached hydrogen (secondary N) is 2. The molecule has 2 amide bonds. The maximum Gasteiger partial charge on any atom is 0.513 e. The lowest BCUT2D eigenvalue weighted by atomic mass is 10.3. The van der Waals surface area contributed by atoms with Gasteiger partial charge in [0.05, 0.1) is 6.61 Å². The Balaban J connectivity index is 1.50. The highest BCUT2D eigenvalue weighted by Crippen LogP contribution is 2.23. The van der Waals surface area contributed by atoms with Crippen LogP contribution in [0.1, 0.15) is 6.92 Å². The minimum Gasteiger partial charge on any atom is -0.457 e. The second-order valence-corrected chi connectivity index (χ2v) is 5.83. The number of hydrogen-bond acceptors (Lipinski definition) is 5. The first-order chi connectivity index (χ1) is 14.1. The van der Waals surface area contributed by atoms with Gasteiger partial charge in [-0.25, -0.2) is 9.59 Å². The SMILES string of the molecule is CCOC(=O)Oc1ccc(NC(=O)Nc2ccc(Oc3ccccc3)cc2)cc1. The maximum absolute atomic E-state index is 12.1. The second-order valence-electron chi connectivity index (χ2n) is 5.83. The topological polar surface area (TPSA) is 85.9 Å². The first kappa shape index (κ1) is 19.8. The number of anilines is 2. The molecule has 7 heteroatoms. The minimum absolute atomic E-state index is 0.234. The fourth-order valence-corrected chi connectivity index (χ4v) is 2.37. The molecule has 148 valence electrons. The molecule has 0 atom stereocenters. The standard InChI is InChI=1S/C22H20N2O5/c1-2-27-22(26)29-20-14-10-17(11-15-20)24-21(25)23-16-8-12-19(13-9-16)28-18-6-4-3-5-7-18/h3-15H,2H2,1H3,(H2,23,24,25). The molecular formula is C22H20N2O5. The Labute approximate surface area is 168 Å². The quantitative estimate of drug-likeness (QED) is 0.418. The highest BCUT2D eigenvalue weighted by Gasteiger charge is 2.07. The molecule has 3 aromatic carbocycles. The lowest BCUT2D eigenvalue weighted by molar-refractivity contribution is 0.104. The first-order valence-electron chi connectivity index (χ1n) is 8.98. The molecule has 29 heavy (non-hydrogen) atoms. The molecule has 7 nitrogen and oxygen atoms in total. The van der Waals surface area contributed by atoms with E-state index >= 15 is 0 Å². The highest BCUT2D eigenvalue weighted by molar-refractivity contribution is 5.99. The average molecular weight is 392 g/mol. The number of carbonyl (C=O) groups excluding carboxylic acids is 2. The van der Waals surface area contributed by atoms with Gasteiger partial charge < -0.3 is 24.8 Å². The summed E-state index contributed by atoms with van der Waals surface area (Å²) in [5.41, 5.74) is 1.16. The van der Waals surface area contributed by atoms with Gasteiger partial charge in [-0.05, 0) is 67.6 Å². The molecule has 0 unspecified atom stereocenters. The van der Waals surface area contributed by atoms with Crippen molar-refractivity contribution in [2.45, 2.75) is 6.92 Å². The van der Waals surface area contributed by atoms with Crippen LogP contribution in [0.15, 0.2) is 78.9 Å². The first-order valence-corrected chi connectivity index (χ1v) is 8.98. The van der Waals surface area contributed by atoms with Gasteiger partial charge in [-0.15, -0.1) is 0 Å². The van der Waals surface area contributed by atoms with Gasteiger partial charge in [-0.3, -0.25) is 0 Å². The van der Waals surface area contributed by atoms with Crippen molar-refractivity contribution in [1.29, 1.82) is 0 Å². The normalized spacial score (nSPS) is 9.97. The smallest absolute Gasteiger partial charge is 0.457 e. The molecule has 0 aliphatic heterocycles. The van der Waals surface area contributed by atoms with Gasteiger partial charge in [0.2, 0.25) is 0 Å². The summed E-state index contributed by atoms with van der Waals surface area (Å²) in [6.07, 6.45) is -0.773. The summed E-state index contributed by atoms with van der Waals surface area (Å²) in [6, 6.07) is 22.4. The monoisotopic (exact) mass is 392 g/mol. The van der Waals surface area contributed by atoms with Gasteiger partial charge in [-0.1, -0.05) is 18.2 Å². The van der Waals surface area contributed by atoms with Crippen LogP contribution in [0.2, 0.25) is 0 Å². The second kappa shape index (κ2) is 9.80. The number of benzene rings is 3. The molecule has 0 heterocycles. The van der Waals surface area contributed by atoms with E-state index in [-0.39, 0.29) is 6.61 Å². The lowest BCUT2D eigenvalue weighted by Crippen LogP contribution is -2.19. The molecule has 0 aliphatic carbocycles. The Morgan fingerprint density at radius 3 is 1.79 bits per heavy atom. The number of carbonyl (C=O) groups is 2.